The van der Waals surface area contributed by atoms with Crippen molar-refractivity contribution < 1.29 is 9.21 Å². The molecule has 2 aromatic heterocycles. The fourth-order valence-corrected chi connectivity index (χ4v) is 4.14. The van der Waals surface area contributed by atoms with Gasteiger partial charge in [0.15, 0.2) is 0 Å². The molecule has 1 N–H and O–H groups in total. The smallest absolute Gasteiger partial charge is 0.332 e. The standard InChI is InChI=1S/C27H23N3O4/c31-23(28-16-15-19-9-3-1-4-10-19)18-29-24-21-13-7-8-14-22(21)34-25(24)26(32)30(27(29)33)17-20-11-5-2-6-12-20/h1-14H,15-18H2,(H,28,31). The van der Waals surface area contributed by atoms with Gasteiger partial charge in [-0.15, -0.1) is 0 Å². The van der Waals surface area contributed by atoms with Gasteiger partial charge < -0.3 is 9.73 Å². The Kier molecular flexibility index (Phi) is 5.82. The van der Waals surface area contributed by atoms with Gasteiger partial charge in [0.1, 0.15) is 17.6 Å². The summed E-state index contributed by atoms with van der Waals surface area (Å²) in [5.41, 5.74) is 1.74. The van der Waals surface area contributed by atoms with E-state index in [9.17, 15) is 14.4 Å². The van der Waals surface area contributed by atoms with Crippen LogP contribution >= 0.6 is 0 Å². The van der Waals surface area contributed by atoms with Crippen LogP contribution in [-0.4, -0.2) is 21.6 Å². The van der Waals surface area contributed by atoms with E-state index >= 15 is 0 Å². The first-order valence-electron chi connectivity index (χ1n) is 11.1. The summed E-state index contributed by atoms with van der Waals surface area (Å²) in [5.74, 6) is -0.311. The molecule has 5 aromatic rings. The molecule has 7 heteroatoms. The molecule has 0 spiro atoms. The van der Waals surface area contributed by atoms with Crippen molar-refractivity contribution in [3.8, 4) is 0 Å². The third kappa shape index (κ3) is 4.15. The van der Waals surface area contributed by atoms with Crippen LogP contribution in [0.1, 0.15) is 11.1 Å². The van der Waals surface area contributed by atoms with Crippen LogP contribution in [0.15, 0.2) is 98.9 Å². The molecule has 0 radical (unpaired) electrons. The van der Waals surface area contributed by atoms with Gasteiger partial charge in [-0.25, -0.2) is 4.79 Å². The quantitative estimate of drug-likeness (QED) is 0.410. The first-order valence-corrected chi connectivity index (χ1v) is 11.1. The fourth-order valence-electron chi connectivity index (χ4n) is 4.14. The number of hydrogen-bond donors (Lipinski definition) is 1. The van der Waals surface area contributed by atoms with Crippen molar-refractivity contribution >= 4 is 28.0 Å². The summed E-state index contributed by atoms with van der Waals surface area (Å²) in [6, 6.07) is 26.2. The summed E-state index contributed by atoms with van der Waals surface area (Å²) in [7, 11) is 0. The van der Waals surface area contributed by atoms with Gasteiger partial charge in [0.2, 0.25) is 11.5 Å². The highest BCUT2D eigenvalue weighted by Crippen LogP contribution is 2.25. The maximum Gasteiger partial charge on any atom is 0.332 e. The number of carbonyl (C=O) groups excluding carboxylic acids is 1. The van der Waals surface area contributed by atoms with Crippen LogP contribution < -0.4 is 16.6 Å². The predicted molar refractivity (Wildman–Crippen MR) is 131 cm³/mol. The Morgan fingerprint density at radius 1 is 0.794 bits per heavy atom. The normalized spacial score (nSPS) is 11.2. The number of aromatic nitrogens is 2. The molecule has 34 heavy (non-hydrogen) atoms. The van der Waals surface area contributed by atoms with Crippen LogP contribution in [0.5, 0.6) is 0 Å². The number of fused-ring (bicyclic) bond motifs is 3. The number of amides is 1. The van der Waals surface area contributed by atoms with Crippen LogP contribution in [0.25, 0.3) is 22.1 Å². The summed E-state index contributed by atoms with van der Waals surface area (Å²) in [4.78, 5) is 39.6. The van der Waals surface area contributed by atoms with Crippen LogP contribution in [0.3, 0.4) is 0 Å². The number of nitrogens with zero attached hydrogens (tertiary/aromatic N) is 2. The third-order valence-corrected chi connectivity index (χ3v) is 5.80. The second-order valence-corrected chi connectivity index (χ2v) is 8.11. The second-order valence-electron chi connectivity index (χ2n) is 8.11. The van der Waals surface area contributed by atoms with Crippen molar-refractivity contribution in [2.45, 2.75) is 19.5 Å². The Morgan fingerprint density at radius 2 is 1.44 bits per heavy atom. The first kappa shape index (κ1) is 21.5. The fraction of sp³-hybridized carbons (Fsp3) is 0.148. The molecule has 2 heterocycles. The Morgan fingerprint density at radius 3 is 2.18 bits per heavy atom. The molecule has 7 nitrogen and oxygen atoms in total. The average Bonchev–Trinajstić information content (AvgIpc) is 3.25. The van der Waals surface area contributed by atoms with E-state index in [0.717, 1.165) is 15.7 Å². The van der Waals surface area contributed by atoms with E-state index < -0.39 is 11.2 Å². The molecular weight excluding hydrogens is 430 g/mol. The van der Waals surface area contributed by atoms with Gasteiger partial charge in [-0.05, 0) is 29.7 Å². The lowest BCUT2D eigenvalue weighted by Crippen LogP contribution is -2.42. The SMILES string of the molecule is O=C(Cn1c(=O)n(Cc2ccccc2)c(=O)c2oc3ccccc3c21)NCCc1ccccc1. The molecule has 0 fully saturated rings. The number of nitrogens with one attached hydrogen (secondary N) is 1. The highest BCUT2D eigenvalue weighted by Gasteiger charge is 2.21. The van der Waals surface area contributed by atoms with Crippen LogP contribution in [0.4, 0.5) is 0 Å². The minimum atomic E-state index is -0.550. The van der Waals surface area contributed by atoms with Gasteiger partial charge in [0.05, 0.1) is 6.54 Å². The van der Waals surface area contributed by atoms with E-state index in [-0.39, 0.29) is 24.6 Å². The number of hydrogen-bond acceptors (Lipinski definition) is 4. The molecule has 0 bridgehead atoms. The molecule has 0 atom stereocenters. The van der Waals surface area contributed by atoms with E-state index in [1.165, 1.54) is 4.57 Å². The topological polar surface area (TPSA) is 86.2 Å². The van der Waals surface area contributed by atoms with Gasteiger partial charge in [-0.3, -0.25) is 18.7 Å². The molecular formula is C27H23N3O4. The highest BCUT2D eigenvalue weighted by atomic mass is 16.3. The molecule has 0 saturated carbocycles. The Bertz CT molecular complexity index is 1580. The van der Waals surface area contributed by atoms with Gasteiger partial charge in [-0.1, -0.05) is 72.8 Å². The zero-order valence-corrected chi connectivity index (χ0v) is 18.4. The maximum atomic E-state index is 13.5. The van der Waals surface area contributed by atoms with E-state index in [4.69, 9.17) is 4.42 Å². The van der Waals surface area contributed by atoms with Gasteiger partial charge in [0, 0.05) is 11.9 Å². The van der Waals surface area contributed by atoms with Crippen molar-refractivity contribution in [3.63, 3.8) is 0 Å². The summed E-state index contributed by atoms with van der Waals surface area (Å²) < 4.78 is 8.31. The van der Waals surface area contributed by atoms with Crippen molar-refractivity contribution in [1.29, 1.82) is 0 Å². The van der Waals surface area contributed by atoms with Crippen LogP contribution in [0.2, 0.25) is 0 Å². The summed E-state index contributed by atoms with van der Waals surface area (Å²) in [6.45, 7) is 0.306. The zero-order chi connectivity index (χ0) is 23.5. The molecule has 5 rings (SSSR count). The van der Waals surface area contributed by atoms with Crippen LogP contribution in [-0.2, 0) is 24.3 Å². The molecule has 0 aliphatic heterocycles. The van der Waals surface area contributed by atoms with Crippen LogP contribution in [0, 0.1) is 0 Å². The lowest BCUT2D eigenvalue weighted by molar-refractivity contribution is -0.121. The van der Waals surface area contributed by atoms with Crippen molar-refractivity contribution in [3.05, 3.63) is 117 Å². The van der Waals surface area contributed by atoms with Gasteiger partial charge in [0.25, 0.3) is 5.56 Å². The number of benzene rings is 3. The number of carbonyl (C=O) groups is 1. The minimum Gasteiger partial charge on any atom is -0.449 e. The highest BCUT2D eigenvalue weighted by molar-refractivity contribution is 6.02. The minimum absolute atomic E-state index is 0.0637. The van der Waals surface area contributed by atoms with E-state index in [1.807, 2.05) is 66.7 Å². The molecule has 0 saturated heterocycles. The molecule has 3 aromatic carbocycles. The summed E-state index contributed by atoms with van der Waals surface area (Å²) >= 11 is 0. The molecule has 170 valence electrons. The van der Waals surface area contributed by atoms with Crippen molar-refractivity contribution in [2.24, 2.45) is 0 Å². The lowest BCUT2D eigenvalue weighted by Gasteiger charge is -2.12. The Balaban J connectivity index is 1.53. The maximum absolute atomic E-state index is 13.5. The van der Waals surface area contributed by atoms with Crippen molar-refractivity contribution in [1.82, 2.24) is 14.5 Å². The summed E-state index contributed by atoms with van der Waals surface area (Å²) in [5, 5.41) is 3.50. The Labute approximate surface area is 194 Å². The zero-order valence-electron chi connectivity index (χ0n) is 18.4. The predicted octanol–water partition coefficient (Wildman–Crippen LogP) is 3.32. The monoisotopic (exact) mass is 453 g/mol. The molecule has 0 unspecified atom stereocenters. The Hall–Kier alpha value is -4.39. The lowest BCUT2D eigenvalue weighted by atomic mass is 10.1. The van der Waals surface area contributed by atoms with Crippen molar-refractivity contribution in [2.75, 3.05) is 6.54 Å². The largest absolute Gasteiger partial charge is 0.449 e. The third-order valence-electron chi connectivity index (χ3n) is 5.80. The van der Waals surface area contributed by atoms with Gasteiger partial charge in [-0.2, -0.15) is 0 Å². The summed E-state index contributed by atoms with van der Waals surface area (Å²) in [6.07, 6.45) is 0.680. The molecule has 0 aliphatic rings. The van der Waals surface area contributed by atoms with E-state index in [1.54, 1.807) is 18.2 Å². The molecule has 1 amide bonds. The average molecular weight is 453 g/mol. The molecule has 0 aliphatic carbocycles. The number of para-hydroxylation sites is 1. The first-order chi connectivity index (χ1) is 16.6. The van der Waals surface area contributed by atoms with E-state index in [2.05, 4.69) is 5.32 Å². The van der Waals surface area contributed by atoms with Gasteiger partial charge >= 0.3 is 5.69 Å². The second kappa shape index (κ2) is 9.23. The number of furan rings is 1. The number of rotatable bonds is 7. The van der Waals surface area contributed by atoms with E-state index in [0.29, 0.717) is 29.5 Å².